The second kappa shape index (κ2) is 9.72. The van der Waals surface area contributed by atoms with E-state index >= 15 is 0 Å². The molecule has 0 saturated carbocycles. The van der Waals surface area contributed by atoms with E-state index in [1.807, 2.05) is 0 Å². The molecule has 0 radical (unpaired) electrons. The van der Waals surface area contributed by atoms with E-state index in [0.29, 0.717) is 5.75 Å². The van der Waals surface area contributed by atoms with Crippen LogP contribution >= 0.6 is 0 Å². The summed E-state index contributed by atoms with van der Waals surface area (Å²) in [7, 11) is 0. The Morgan fingerprint density at radius 3 is 2.55 bits per heavy atom. The molecular formula is C21H19NO9. The largest absolute Gasteiger partial charge is 0.491 e. The van der Waals surface area contributed by atoms with Crippen molar-refractivity contribution in [3.8, 4) is 11.5 Å². The minimum Gasteiger partial charge on any atom is -0.491 e. The van der Waals surface area contributed by atoms with Crippen molar-refractivity contribution >= 4 is 22.6 Å². The summed E-state index contributed by atoms with van der Waals surface area (Å²) in [6.07, 6.45) is -1.05. The lowest BCUT2D eigenvalue weighted by molar-refractivity contribution is -0.384. The van der Waals surface area contributed by atoms with E-state index in [1.165, 1.54) is 36.4 Å². The fraction of sp³-hybridized carbons (Fsp3) is 0.238. The number of nitro groups is 1. The number of nitrogens with zero attached hydrogens (tertiary/aromatic N) is 1. The van der Waals surface area contributed by atoms with Crippen LogP contribution in [0.4, 0.5) is 5.69 Å². The van der Waals surface area contributed by atoms with Gasteiger partial charge in [-0.3, -0.25) is 14.9 Å². The molecule has 0 spiro atoms. The second-order valence-corrected chi connectivity index (χ2v) is 6.35. The first-order chi connectivity index (χ1) is 14.9. The number of aliphatic hydroxyl groups is 1. The van der Waals surface area contributed by atoms with Gasteiger partial charge >= 0.3 is 5.97 Å². The minimum absolute atomic E-state index is 0.0721. The molecule has 1 atom stereocenters. The number of ether oxygens (including phenoxy) is 3. The Morgan fingerprint density at radius 1 is 1.16 bits per heavy atom. The SMILES string of the molecule is CCOC(=O)c1cc(=O)c2c(OCC(O)COc3ccc([N+](=O)[O-])cc3)cccc2o1. The summed E-state index contributed by atoms with van der Waals surface area (Å²) in [6.45, 7) is 1.46. The van der Waals surface area contributed by atoms with E-state index in [2.05, 4.69) is 0 Å². The highest BCUT2D eigenvalue weighted by Crippen LogP contribution is 2.24. The van der Waals surface area contributed by atoms with Crippen molar-refractivity contribution in [1.29, 1.82) is 0 Å². The summed E-state index contributed by atoms with van der Waals surface area (Å²) in [5.41, 5.74) is -0.418. The summed E-state index contributed by atoms with van der Waals surface area (Å²) in [5.74, 6) is -0.433. The highest BCUT2D eigenvalue weighted by atomic mass is 16.6. The fourth-order valence-corrected chi connectivity index (χ4v) is 2.69. The zero-order chi connectivity index (χ0) is 22.4. The lowest BCUT2D eigenvalue weighted by atomic mass is 10.2. The van der Waals surface area contributed by atoms with E-state index < -0.39 is 22.4 Å². The van der Waals surface area contributed by atoms with Gasteiger partial charge in [-0.25, -0.2) is 4.79 Å². The lowest BCUT2D eigenvalue weighted by Crippen LogP contribution is -2.25. The van der Waals surface area contributed by atoms with Gasteiger partial charge in [0.05, 0.1) is 11.5 Å². The van der Waals surface area contributed by atoms with Crippen molar-refractivity contribution in [1.82, 2.24) is 0 Å². The Hall–Kier alpha value is -3.92. The van der Waals surface area contributed by atoms with Crippen LogP contribution in [-0.2, 0) is 4.74 Å². The molecule has 1 N–H and O–H groups in total. The molecule has 0 aliphatic heterocycles. The van der Waals surface area contributed by atoms with Crippen molar-refractivity contribution in [3.05, 3.63) is 74.6 Å². The number of rotatable bonds is 9. The van der Waals surface area contributed by atoms with E-state index in [9.17, 15) is 24.8 Å². The number of hydrogen-bond acceptors (Lipinski definition) is 9. The highest BCUT2D eigenvalue weighted by molar-refractivity contribution is 5.90. The van der Waals surface area contributed by atoms with Gasteiger partial charge in [0, 0.05) is 18.2 Å². The molecule has 0 fully saturated rings. The van der Waals surface area contributed by atoms with Crippen molar-refractivity contribution in [2.75, 3.05) is 19.8 Å². The third kappa shape index (κ3) is 5.37. The second-order valence-electron chi connectivity index (χ2n) is 6.35. The molecule has 10 nitrogen and oxygen atoms in total. The Morgan fingerprint density at radius 2 is 1.87 bits per heavy atom. The monoisotopic (exact) mass is 429 g/mol. The fourth-order valence-electron chi connectivity index (χ4n) is 2.69. The number of aliphatic hydroxyl groups excluding tert-OH is 1. The topological polar surface area (TPSA) is 138 Å². The predicted octanol–water partition coefficient (Wildman–Crippen LogP) is 2.70. The molecule has 1 aromatic heterocycles. The molecule has 0 aliphatic carbocycles. The molecule has 0 saturated heterocycles. The van der Waals surface area contributed by atoms with Gasteiger partial charge in [-0.05, 0) is 31.2 Å². The van der Waals surface area contributed by atoms with Crippen LogP contribution in [0.25, 0.3) is 11.0 Å². The Bertz CT molecular complexity index is 1140. The Balaban J connectivity index is 1.65. The first-order valence-electron chi connectivity index (χ1n) is 9.31. The maximum Gasteiger partial charge on any atom is 0.374 e. The van der Waals surface area contributed by atoms with E-state index in [4.69, 9.17) is 18.6 Å². The minimum atomic E-state index is -1.05. The van der Waals surface area contributed by atoms with Crippen molar-refractivity contribution < 1.29 is 33.5 Å². The zero-order valence-electron chi connectivity index (χ0n) is 16.5. The van der Waals surface area contributed by atoms with Crippen LogP contribution in [0.15, 0.2) is 57.7 Å². The van der Waals surface area contributed by atoms with Gasteiger partial charge < -0.3 is 23.7 Å². The van der Waals surface area contributed by atoms with Gasteiger partial charge in [0.25, 0.3) is 5.69 Å². The van der Waals surface area contributed by atoms with E-state index in [-0.39, 0.29) is 48.0 Å². The van der Waals surface area contributed by atoms with Gasteiger partial charge in [-0.2, -0.15) is 0 Å². The molecule has 1 unspecified atom stereocenters. The number of carbonyl (C=O) groups excluding carboxylic acids is 1. The molecule has 0 amide bonds. The predicted molar refractivity (Wildman–Crippen MR) is 109 cm³/mol. The first-order valence-corrected chi connectivity index (χ1v) is 9.31. The van der Waals surface area contributed by atoms with Gasteiger partial charge in [0.2, 0.25) is 5.76 Å². The molecule has 0 aliphatic rings. The number of esters is 1. The normalized spacial score (nSPS) is 11.7. The van der Waals surface area contributed by atoms with Crippen LogP contribution in [0.5, 0.6) is 11.5 Å². The standard InChI is InChI=1S/C21H19NO9/c1-2-28-21(25)19-10-16(24)20-17(4-3-5-18(20)31-19)30-12-14(23)11-29-15-8-6-13(7-9-15)22(26)27/h3-10,14,23H,2,11-12H2,1H3. The lowest BCUT2D eigenvalue weighted by Gasteiger charge is -2.14. The molecule has 0 bridgehead atoms. The molecule has 3 aromatic rings. The summed E-state index contributed by atoms with van der Waals surface area (Å²) in [6, 6.07) is 11.1. The van der Waals surface area contributed by atoms with Crippen molar-refractivity contribution in [3.63, 3.8) is 0 Å². The van der Waals surface area contributed by atoms with Crippen molar-refractivity contribution in [2.45, 2.75) is 13.0 Å². The third-order valence-corrected chi connectivity index (χ3v) is 4.11. The highest BCUT2D eigenvalue weighted by Gasteiger charge is 2.17. The molecule has 10 heteroatoms. The quantitative estimate of drug-likeness (QED) is 0.309. The molecule has 162 valence electrons. The van der Waals surface area contributed by atoms with Crippen LogP contribution in [0, 0.1) is 10.1 Å². The maximum atomic E-state index is 12.5. The molecular weight excluding hydrogens is 410 g/mol. The average molecular weight is 429 g/mol. The van der Waals surface area contributed by atoms with Gasteiger partial charge in [-0.1, -0.05) is 6.07 Å². The zero-order valence-corrected chi connectivity index (χ0v) is 16.5. The number of nitro benzene ring substituents is 1. The molecule has 31 heavy (non-hydrogen) atoms. The maximum absolute atomic E-state index is 12.5. The summed E-state index contributed by atoms with van der Waals surface area (Å²) in [4.78, 5) is 34.4. The Kier molecular flexibility index (Phi) is 6.83. The Labute approximate surface area is 175 Å². The number of hydrogen-bond donors (Lipinski definition) is 1. The van der Waals surface area contributed by atoms with Crippen LogP contribution in [0.1, 0.15) is 17.5 Å². The van der Waals surface area contributed by atoms with Crippen LogP contribution in [-0.4, -0.2) is 41.9 Å². The number of carbonyl (C=O) groups is 1. The van der Waals surface area contributed by atoms with Gasteiger partial charge in [-0.15, -0.1) is 0 Å². The van der Waals surface area contributed by atoms with Crippen LogP contribution in [0.2, 0.25) is 0 Å². The summed E-state index contributed by atoms with van der Waals surface area (Å²) in [5, 5.41) is 20.9. The molecule has 1 heterocycles. The third-order valence-electron chi connectivity index (χ3n) is 4.11. The van der Waals surface area contributed by atoms with Crippen LogP contribution in [0.3, 0.4) is 0 Å². The van der Waals surface area contributed by atoms with E-state index in [0.717, 1.165) is 6.07 Å². The van der Waals surface area contributed by atoms with E-state index in [1.54, 1.807) is 13.0 Å². The van der Waals surface area contributed by atoms with Gasteiger partial charge in [0.1, 0.15) is 41.8 Å². The number of benzene rings is 2. The summed E-state index contributed by atoms with van der Waals surface area (Å²) < 4.78 is 21.2. The van der Waals surface area contributed by atoms with Gasteiger partial charge in [0.15, 0.2) is 5.43 Å². The first kappa shape index (κ1) is 21.8. The number of fused-ring (bicyclic) bond motifs is 1. The smallest absolute Gasteiger partial charge is 0.374 e. The molecule has 2 aromatic carbocycles. The average Bonchev–Trinajstić information content (AvgIpc) is 2.76. The van der Waals surface area contributed by atoms with Crippen LogP contribution < -0.4 is 14.9 Å². The molecule has 3 rings (SSSR count). The summed E-state index contributed by atoms with van der Waals surface area (Å²) >= 11 is 0. The van der Waals surface area contributed by atoms with Crippen molar-refractivity contribution in [2.24, 2.45) is 0 Å². The number of non-ortho nitro benzene ring substituents is 1.